The molecule has 1 fully saturated rings. The minimum atomic E-state index is -0.203. The number of aryl methyl sites for hydroxylation is 1. The van der Waals surface area contributed by atoms with Gasteiger partial charge in [-0.2, -0.15) is 0 Å². The molecule has 0 spiro atoms. The van der Waals surface area contributed by atoms with Crippen LogP contribution in [0.1, 0.15) is 37.3 Å². The van der Waals surface area contributed by atoms with Gasteiger partial charge in [-0.05, 0) is 67.5 Å². The van der Waals surface area contributed by atoms with E-state index in [1.807, 2.05) is 24.1 Å². The number of carbonyl (C=O) groups is 1. The highest BCUT2D eigenvalue weighted by Gasteiger charge is 2.33. The Morgan fingerprint density at radius 1 is 1.30 bits per heavy atom. The van der Waals surface area contributed by atoms with Crippen LogP contribution in [0.3, 0.4) is 0 Å². The van der Waals surface area contributed by atoms with Crippen molar-refractivity contribution in [3.05, 3.63) is 52.1 Å². The van der Waals surface area contributed by atoms with Crippen molar-refractivity contribution in [3.63, 3.8) is 0 Å². The van der Waals surface area contributed by atoms with Gasteiger partial charge in [0, 0.05) is 30.2 Å². The number of rotatable bonds is 1. The van der Waals surface area contributed by atoms with Crippen molar-refractivity contribution in [1.82, 2.24) is 4.90 Å². The number of nitrogens with zero attached hydrogens (tertiary/aromatic N) is 2. The van der Waals surface area contributed by atoms with Crippen LogP contribution in [-0.2, 0) is 11.2 Å². The Morgan fingerprint density at radius 2 is 2.11 bits per heavy atom. The lowest BCUT2D eigenvalue weighted by molar-refractivity contribution is 0.104. The first-order chi connectivity index (χ1) is 13.2. The third-order valence-corrected chi connectivity index (χ3v) is 6.01. The maximum Gasteiger partial charge on any atom is 0.409 e. The Morgan fingerprint density at radius 3 is 2.89 bits per heavy atom. The number of benzene rings is 1. The molecule has 0 bridgehead atoms. The number of carbonyl (C=O) groups excluding carboxylic acids is 1. The van der Waals surface area contributed by atoms with Crippen LogP contribution in [0.15, 0.2) is 40.9 Å². The fourth-order valence-electron chi connectivity index (χ4n) is 4.45. The van der Waals surface area contributed by atoms with E-state index in [1.54, 1.807) is 0 Å². The van der Waals surface area contributed by atoms with Gasteiger partial charge in [0.05, 0.1) is 12.6 Å². The molecule has 4 nitrogen and oxygen atoms in total. The van der Waals surface area contributed by atoms with Crippen molar-refractivity contribution < 1.29 is 9.53 Å². The quantitative estimate of drug-likeness (QED) is 0.689. The normalized spacial score (nSPS) is 24.3. The lowest BCUT2D eigenvalue weighted by Gasteiger charge is -2.32. The van der Waals surface area contributed by atoms with Gasteiger partial charge >= 0.3 is 6.09 Å². The predicted molar refractivity (Wildman–Crippen MR) is 109 cm³/mol. The number of amides is 1. The number of aliphatic imine (C=N–C) groups is 1. The van der Waals surface area contributed by atoms with Crippen molar-refractivity contribution in [2.45, 2.75) is 38.6 Å². The molecule has 2 heterocycles. The highest BCUT2D eigenvalue weighted by molar-refractivity contribution is 6.30. The Labute approximate surface area is 165 Å². The molecule has 1 aromatic rings. The average Bonchev–Trinajstić information content (AvgIpc) is 2.85. The standard InChI is InChI=1S/C22H25ClN2O2/c1-2-27-22(26)25-12-9-15(10-13-25)20-19-8-7-18(23)14-17(19)6-5-16-4-3-11-24-21(16)20/h3-4,7-8,11,14,16,21H,2,5-6,9-10,12-13H2,1H3. The summed E-state index contributed by atoms with van der Waals surface area (Å²) in [5.41, 5.74) is 5.38. The molecule has 0 saturated carbocycles. The fraction of sp³-hybridized carbons (Fsp3) is 0.455. The number of likely N-dealkylation sites (tertiary alicyclic amines) is 1. The van der Waals surface area contributed by atoms with E-state index in [9.17, 15) is 4.79 Å². The summed E-state index contributed by atoms with van der Waals surface area (Å²) in [7, 11) is 0. The van der Waals surface area contributed by atoms with E-state index < -0.39 is 0 Å². The minimum Gasteiger partial charge on any atom is -0.450 e. The first-order valence-corrected chi connectivity index (χ1v) is 10.2. The van der Waals surface area contributed by atoms with E-state index >= 15 is 0 Å². The second-order valence-electron chi connectivity index (χ2n) is 7.34. The molecule has 142 valence electrons. The zero-order valence-electron chi connectivity index (χ0n) is 15.7. The summed E-state index contributed by atoms with van der Waals surface area (Å²) in [5.74, 6) is 0.423. The van der Waals surface area contributed by atoms with E-state index in [1.165, 1.54) is 22.3 Å². The molecule has 5 heteroatoms. The molecule has 3 aliphatic rings. The summed E-state index contributed by atoms with van der Waals surface area (Å²) >= 11 is 6.28. The number of fused-ring (bicyclic) bond motifs is 2. The summed E-state index contributed by atoms with van der Waals surface area (Å²) in [6.07, 6.45) is 9.93. The highest BCUT2D eigenvalue weighted by atomic mass is 35.5. The molecule has 0 aromatic heterocycles. The first-order valence-electron chi connectivity index (χ1n) is 9.79. The third kappa shape index (κ3) is 3.68. The van der Waals surface area contributed by atoms with Crippen LogP contribution in [0.2, 0.25) is 5.02 Å². The predicted octanol–water partition coefficient (Wildman–Crippen LogP) is 4.92. The number of ether oxygens (including phenoxy) is 1. The van der Waals surface area contributed by atoms with E-state index in [0.29, 0.717) is 25.6 Å². The van der Waals surface area contributed by atoms with E-state index in [2.05, 4.69) is 24.3 Å². The number of hydrogen-bond donors (Lipinski definition) is 0. The first kappa shape index (κ1) is 18.3. The smallest absolute Gasteiger partial charge is 0.409 e. The van der Waals surface area contributed by atoms with Crippen LogP contribution < -0.4 is 0 Å². The molecule has 1 aromatic carbocycles. The molecule has 2 unspecified atom stereocenters. The minimum absolute atomic E-state index is 0.168. The molecule has 0 N–H and O–H groups in total. The molecule has 1 saturated heterocycles. The Balaban J connectivity index is 1.70. The van der Waals surface area contributed by atoms with Gasteiger partial charge in [0.25, 0.3) is 0 Å². The number of piperidine rings is 1. The third-order valence-electron chi connectivity index (χ3n) is 5.77. The Bertz CT molecular complexity index is 818. The van der Waals surface area contributed by atoms with Gasteiger partial charge < -0.3 is 9.64 Å². The molecule has 2 atom stereocenters. The van der Waals surface area contributed by atoms with Gasteiger partial charge in [-0.1, -0.05) is 29.3 Å². The lowest BCUT2D eigenvalue weighted by Crippen LogP contribution is -2.37. The molecular weight excluding hydrogens is 360 g/mol. The summed E-state index contributed by atoms with van der Waals surface area (Å²) in [6, 6.07) is 6.42. The van der Waals surface area contributed by atoms with Crippen LogP contribution in [0.4, 0.5) is 4.79 Å². The Kier molecular flexibility index (Phi) is 5.35. The molecule has 0 radical (unpaired) electrons. The van der Waals surface area contributed by atoms with Gasteiger partial charge in [-0.25, -0.2) is 4.79 Å². The number of hydrogen-bond acceptors (Lipinski definition) is 3. The monoisotopic (exact) mass is 384 g/mol. The summed E-state index contributed by atoms with van der Waals surface area (Å²) < 4.78 is 5.16. The average molecular weight is 385 g/mol. The summed E-state index contributed by atoms with van der Waals surface area (Å²) in [5, 5.41) is 0.791. The van der Waals surface area contributed by atoms with E-state index in [-0.39, 0.29) is 12.1 Å². The molecule has 2 aliphatic heterocycles. The summed E-state index contributed by atoms with van der Waals surface area (Å²) in [4.78, 5) is 18.7. The fourth-order valence-corrected chi connectivity index (χ4v) is 4.64. The van der Waals surface area contributed by atoms with E-state index in [0.717, 1.165) is 30.7 Å². The van der Waals surface area contributed by atoms with Crippen LogP contribution in [-0.4, -0.2) is 42.9 Å². The maximum atomic E-state index is 12.0. The van der Waals surface area contributed by atoms with Crippen molar-refractivity contribution >= 4 is 29.5 Å². The maximum absolute atomic E-state index is 12.0. The number of dihydropyridines is 1. The van der Waals surface area contributed by atoms with Crippen molar-refractivity contribution in [3.8, 4) is 0 Å². The zero-order valence-corrected chi connectivity index (χ0v) is 16.4. The van der Waals surface area contributed by atoms with Crippen molar-refractivity contribution in [2.75, 3.05) is 19.7 Å². The van der Waals surface area contributed by atoms with Crippen molar-refractivity contribution in [2.24, 2.45) is 10.9 Å². The summed E-state index contributed by atoms with van der Waals surface area (Å²) in [6.45, 7) is 3.68. The van der Waals surface area contributed by atoms with Gasteiger partial charge in [0.1, 0.15) is 0 Å². The van der Waals surface area contributed by atoms with Gasteiger partial charge in [-0.15, -0.1) is 0 Å². The second kappa shape index (κ2) is 7.89. The molecule has 27 heavy (non-hydrogen) atoms. The van der Waals surface area contributed by atoms with Crippen molar-refractivity contribution in [1.29, 1.82) is 0 Å². The molecule has 1 amide bonds. The largest absolute Gasteiger partial charge is 0.450 e. The van der Waals surface area contributed by atoms with Gasteiger partial charge in [-0.3, -0.25) is 4.99 Å². The number of allylic oxidation sites excluding steroid dienone is 1. The lowest BCUT2D eigenvalue weighted by atomic mass is 9.83. The second-order valence-corrected chi connectivity index (χ2v) is 7.77. The Hall–Kier alpha value is -2.07. The molecule has 1 aliphatic carbocycles. The van der Waals surface area contributed by atoms with Gasteiger partial charge in [0.2, 0.25) is 0 Å². The molecular formula is C22H25ClN2O2. The van der Waals surface area contributed by atoms with E-state index in [4.69, 9.17) is 21.3 Å². The zero-order chi connectivity index (χ0) is 18.8. The number of halogens is 1. The molecule has 4 rings (SSSR count). The van der Waals surface area contributed by atoms with Crippen LogP contribution in [0, 0.1) is 5.92 Å². The van der Waals surface area contributed by atoms with Crippen LogP contribution in [0.5, 0.6) is 0 Å². The van der Waals surface area contributed by atoms with Crippen LogP contribution >= 0.6 is 11.6 Å². The highest BCUT2D eigenvalue weighted by Crippen LogP contribution is 2.41. The topological polar surface area (TPSA) is 41.9 Å². The van der Waals surface area contributed by atoms with Gasteiger partial charge in [0.15, 0.2) is 0 Å². The van der Waals surface area contributed by atoms with Crippen LogP contribution in [0.25, 0.3) is 5.57 Å². The SMILES string of the molecule is CCOC(=O)N1CCC(=C2c3ccc(Cl)cc3CCC3C=CC=NC23)CC1.